The van der Waals surface area contributed by atoms with Crippen LogP contribution >= 0.6 is 15.9 Å². The minimum absolute atomic E-state index is 0.331. The van der Waals surface area contributed by atoms with E-state index in [0.29, 0.717) is 31.2 Å². The number of rotatable bonds is 2. The summed E-state index contributed by atoms with van der Waals surface area (Å²) in [6, 6.07) is 6.67. The summed E-state index contributed by atoms with van der Waals surface area (Å²) in [5, 5.41) is 3.16. The standard InChI is InChI=1S/C10H12BrNO3S.C4H9NO/c11-9-1-3-10(4-2-9)16(13,14)12-5-7-15-8-6-12;1-3-6-4-2-5-1/h1-4H,5-8H2;5H,1-4H2. The lowest BCUT2D eigenvalue weighted by Gasteiger charge is -2.25. The van der Waals surface area contributed by atoms with E-state index in [9.17, 15) is 8.42 Å². The van der Waals surface area contributed by atoms with Crippen LogP contribution in [-0.4, -0.2) is 65.3 Å². The summed E-state index contributed by atoms with van der Waals surface area (Å²) in [6.45, 7) is 5.63. The first-order valence-electron chi connectivity index (χ1n) is 7.22. The molecule has 2 aliphatic heterocycles. The highest BCUT2D eigenvalue weighted by atomic mass is 79.9. The number of nitrogens with one attached hydrogen (secondary N) is 1. The SMILES string of the molecule is C1COCCN1.O=S(=O)(c1ccc(Br)cc1)N1CCOCC1. The normalized spacial score (nSPS) is 20.0. The van der Waals surface area contributed by atoms with Gasteiger partial charge in [0.05, 0.1) is 31.3 Å². The first kappa shape index (κ1) is 17.8. The summed E-state index contributed by atoms with van der Waals surface area (Å²) in [7, 11) is -3.35. The monoisotopic (exact) mass is 392 g/mol. The molecule has 1 N–H and O–H groups in total. The molecule has 1 aromatic rings. The zero-order valence-corrected chi connectivity index (χ0v) is 14.7. The first-order chi connectivity index (χ1) is 10.6. The van der Waals surface area contributed by atoms with Crippen LogP contribution in [0.4, 0.5) is 0 Å². The van der Waals surface area contributed by atoms with Crippen LogP contribution in [0, 0.1) is 0 Å². The lowest BCUT2D eigenvalue weighted by atomic mass is 10.4. The van der Waals surface area contributed by atoms with Gasteiger partial charge >= 0.3 is 0 Å². The molecule has 0 unspecified atom stereocenters. The molecule has 2 fully saturated rings. The van der Waals surface area contributed by atoms with Crippen molar-refractivity contribution >= 4 is 26.0 Å². The van der Waals surface area contributed by atoms with Crippen molar-refractivity contribution < 1.29 is 17.9 Å². The van der Waals surface area contributed by atoms with Gasteiger partial charge in [-0.05, 0) is 24.3 Å². The molecular weight excluding hydrogens is 372 g/mol. The number of sulfonamides is 1. The number of hydrogen-bond donors (Lipinski definition) is 1. The van der Waals surface area contributed by atoms with E-state index in [4.69, 9.17) is 9.47 Å². The lowest BCUT2D eigenvalue weighted by Crippen LogP contribution is -2.40. The average molecular weight is 393 g/mol. The summed E-state index contributed by atoms with van der Waals surface area (Å²) < 4.78 is 36.8. The maximum atomic E-state index is 12.2. The highest BCUT2D eigenvalue weighted by Crippen LogP contribution is 2.19. The molecule has 124 valence electrons. The van der Waals surface area contributed by atoms with Crippen LogP contribution in [0.2, 0.25) is 0 Å². The summed E-state index contributed by atoms with van der Waals surface area (Å²) >= 11 is 3.28. The molecule has 0 aliphatic carbocycles. The van der Waals surface area contributed by atoms with E-state index in [-0.39, 0.29) is 0 Å². The molecule has 0 amide bonds. The molecular formula is C14H21BrN2O4S. The highest BCUT2D eigenvalue weighted by Gasteiger charge is 2.25. The third-order valence-corrected chi connectivity index (χ3v) is 5.71. The van der Waals surface area contributed by atoms with Gasteiger partial charge in [0, 0.05) is 30.7 Å². The Kier molecular flexibility index (Phi) is 7.26. The summed E-state index contributed by atoms with van der Waals surface area (Å²) in [5.74, 6) is 0. The number of nitrogens with zero attached hydrogens (tertiary/aromatic N) is 1. The Labute approximate surface area is 140 Å². The molecule has 0 radical (unpaired) electrons. The van der Waals surface area contributed by atoms with E-state index in [1.165, 1.54) is 4.31 Å². The molecule has 2 saturated heterocycles. The zero-order valence-electron chi connectivity index (χ0n) is 12.3. The van der Waals surface area contributed by atoms with Crippen molar-refractivity contribution in [1.29, 1.82) is 0 Å². The minimum atomic E-state index is -3.35. The molecule has 0 aromatic heterocycles. The fourth-order valence-corrected chi connectivity index (χ4v) is 3.73. The Morgan fingerprint density at radius 2 is 1.50 bits per heavy atom. The Morgan fingerprint density at radius 1 is 0.955 bits per heavy atom. The Bertz CT molecular complexity index is 529. The molecule has 1 aromatic carbocycles. The molecule has 6 nitrogen and oxygen atoms in total. The van der Waals surface area contributed by atoms with Gasteiger partial charge in [0.1, 0.15) is 0 Å². The van der Waals surface area contributed by atoms with Crippen molar-refractivity contribution in [2.45, 2.75) is 4.90 Å². The smallest absolute Gasteiger partial charge is 0.243 e. The summed E-state index contributed by atoms with van der Waals surface area (Å²) in [5.41, 5.74) is 0. The fourth-order valence-electron chi connectivity index (χ4n) is 2.06. The van der Waals surface area contributed by atoms with E-state index >= 15 is 0 Å². The van der Waals surface area contributed by atoms with Gasteiger partial charge in [0.2, 0.25) is 10.0 Å². The lowest BCUT2D eigenvalue weighted by molar-refractivity contribution is 0.0730. The van der Waals surface area contributed by atoms with Gasteiger partial charge in [0.15, 0.2) is 0 Å². The zero-order chi connectivity index (χ0) is 15.8. The third kappa shape index (κ3) is 5.29. The largest absolute Gasteiger partial charge is 0.379 e. The third-order valence-electron chi connectivity index (χ3n) is 3.27. The van der Waals surface area contributed by atoms with Crippen LogP contribution in [0.15, 0.2) is 33.6 Å². The molecule has 2 aliphatic rings. The number of ether oxygens (including phenoxy) is 2. The van der Waals surface area contributed by atoms with Crippen LogP contribution < -0.4 is 5.32 Å². The Morgan fingerprint density at radius 3 is 1.95 bits per heavy atom. The van der Waals surface area contributed by atoms with Crippen molar-refractivity contribution in [3.63, 3.8) is 0 Å². The predicted molar refractivity (Wildman–Crippen MR) is 87.4 cm³/mol. The predicted octanol–water partition coefficient (Wildman–Crippen LogP) is 1.08. The number of benzene rings is 1. The second-order valence-corrected chi connectivity index (χ2v) is 7.69. The molecule has 0 spiro atoms. The number of morpholine rings is 2. The van der Waals surface area contributed by atoms with Gasteiger partial charge in [-0.1, -0.05) is 15.9 Å². The van der Waals surface area contributed by atoms with Gasteiger partial charge in [0.25, 0.3) is 0 Å². The molecule has 2 heterocycles. The Balaban J connectivity index is 0.000000246. The van der Waals surface area contributed by atoms with Crippen LogP contribution in [0.5, 0.6) is 0 Å². The molecule has 22 heavy (non-hydrogen) atoms. The second kappa shape index (κ2) is 8.95. The summed E-state index contributed by atoms with van der Waals surface area (Å²) in [4.78, 5) is 0.331. The van der Waals surface area contributed by atoms with Gasteiger partial charge in [-0.3, -0.25) is 0 Å². The van der Waals surface area contributed by atoms with Crippen LogP contribution in [0.25, 0.3) is 0 Å². The highest BCUT2D eigenvalue weighted by molar-refractivity contribution is 9.10. The molecule has 3 rings (SSSR count). The van der Waals surface area contributed by atoms with Crippen molar-refractivity contribution in [3.05, 3.63) is 28.7 Å². The van der Waals surface area contributed by atoms with E-state index in [1.807, 2.05) is 0 Å². The number of halogens is 1. The van der Waals surface area contributed by atoms with Gasteiger partial charge in [-0.2, -0.15) is 4.31 Å². The topological polar surface area (TPSA) is 67.9 Å². The van der Waals surface area contributed by atoms with E-state index in [0.717, 1.165) is 30.8 Å². The van der Waals surface area contributed by atoms with E-state index in [2.05, 4.69) is 21.2 Å². The fraction of sp³-hybridized carbons (Fsp3) is 0.571. The Hall–Kier alpha value is -0.510. The van der Waals surface area contributed by atoms with E-state index < -0.39 is 10.0 Å². The summed E-state index contributed by atoms with van der Waals surface area (Å²) in [6.07, 6.45) is 0. The molecule has 0 saturated carbocycles. The van der Waals surface area contributed by atoms with Crippen LogP contribution in [0.1, 0.15) is 0 Å². The second-order valence-electron chi connectivity index (χ2n) is 4.83. The van der Waals surface area contributed by atoms with Crippen LogP contribution in [-0.2, 0) is 19.5 Å². The van der Waals surface area contributed by atoms with Crippen molar-refractivity contribution in [1.82, 2.24) is 9.62 Å². The average Bonchev–Trinajstić information content (AvgIpc) is 2.58. The van der Waals surface area contributed by atoms with Crippen molar-refractivity contribution in [2.24, 2.45) is 0 Å². The molecule has 0 bridgehead atoms. The maximum absolute atomic E-state index is 12.2. The van der Waals surface area contributed by atoms with E-state index in [1.54, 1.807) is 24.3 Å². The molecule has 0 atom stereocenters. The van der Waals surface area contributed by atoms with Crippen molar-refractivity contribution in [2.75, 3.05) is 52.6 Å². The van der Waals surface area contributed by atoms with Gasteiger partial charge < -0.3 is 14.8 Å². The van der Waals surface area contributed by atoms with Gasteiger partial charge in [-0.15, -0.1) is 0 Å². The van der Waals surface area contributed by atoms with Crippen LogP contribution in [0.3, 0.4) is 0 Å². The van der Waals surface area contributed by atoms with Crippen molar-refractivity contribution in [3.8, 4) is 0 Å². The maximum Gasteiger partial charge on any atom is 0.243 e. The minimum Gasteiger partial charge on any atom is -0.379 e. The number of hydrogen-bond acceptors (Lipinski definition) is 5. The first-order valence-corrected chi connectivity index (χ1v) is 9.46. The quantitative estimate of drug-likeness (QED) is 0.815. The molecule has 8 heteroatoms. The van der Waals surface area contributed by atoms with Gasteiger partial charge in [-0.25, -0.2) is 8.42 Å².